The van der Waals surface area contributed by atoms with Crippen molar-refractivity contribution in [1.29, 1.82) is 0 Å². The molecule has 1 aromatic heterocycles. The number of hydrogen-bond acceptors (Lipinski definition) is 1. The average Bonchev–Trinajstić information content (AvgIpc) is 3.65. The highest BCUT2D eigenvalue weighted by atomic mass is 15.1. The first-order chi connectivity index (χ1) is 22.7. The Morgan fingerprint density at radius 1 is 0.500 bits per heavy atom. The first-order valence-corrected chi connectivity index (χ1v) is 15.7. The highest BCUT2D eigenvalue weighted by Gasteiger charge is 2.51. The zero-order chi connectivity index (χ0) is 30.8. The SMILES string of the molecule is C=CC1=C(C=C)C2(c3ccccc3-c3ccc(-c4cccc(-c5ccccc5)c4)cc32)c2cccc3nc(-c4ccccc4)n1c23. The van der Waals surface area contributed by atoms with Gasteiger partial charge in [0.05, 0.1) is 22.1 Å². The third kappa shape index (κ3) is 3.50. The van der Waals surface area contributed by atoms with Gasteiger partial charge in [-0.05, 0) is 79.9 Å². The number of imidazole rings is 1. The minimum absolute atomic E-state index is 0.590. The number of para-hydroxylation sites is 1. The van der Waals surface area contributed by atoms with Crippen LogP contribution in [-0.4, -0.2) is 9.55 Å². The van der Waals surface area contributed by atoms with Crippen LogP contribution >= 0.6 is 0 Å². The van der Waals surface area contributed by atoms with Crippen molar-refractivity contribution in [1.82, 2.24) is 9.55 Å². The second-order valence-electron chi connectivity index (χ2n) is 12.0. The summed E-state index contributed by atoms with van der Waals surface area (Å²) >= 11 is 0. The summed E-state index contributed by atoms with van der Waals surface area (Å²) in [5.41, 5.74) is 15.7. The minimum atomic E-state index is -0.590. The molecule has 1 unspecified atom stereocenters. The molecular weight excluding hydrogens is 556 g/mol. The van der Waals surface area contributed by atoms with E-state index in [-0.39, 0.29) is 0 Å². The molecule has 0 saturated carbocycles. The summed E-state index contributed by atoms with van der Waals surface area (Å²) in [4.78, 5) is 5.24. The van der Waals surface area contributed by atoms with Crippen molar-refractivity contribution in [3.63, 3.8) is 0 Å². The Morgan fingerprint density at radius 3 is 1.87 bits per heavy atom. The molecule has 1 aliphatic carbocycles. The van der Waals surface area contributed by atoms with Gasteiger partial charge in [0.1, 0.15) is 5.82 Å². The van der Waals surface area contributed by atoms with Crippen LogP contribution in [-0.2, 0) is 5.41 Å². The van der Waals surface area contributed by atoms with Crippen molar-refractivity contribution in [3.05, 3.63) is 193 Å². The van der Waals surface area contributed by atoms with Crippen molar-refractivity contribution in [2.45, 2.75) is 5.41 Å². The molecule has 0 N–H and O–H groups in total. The van der Waals surface area contributed by atoms with Crippen LogP contribution in [0.5, 0.6) is 0 Å². The van der Waals surface area contributed by atoms with Crippen LogP contribution in [0.2, 0.25) is 0 Å². The third-order valence-electron chi connectivity index (χ3n) is 9.78. The summed E-state index contributed by atoms with van der Waals surface area (Å²) in [6, 6.07) is 52.3. The van der Waals surface area contributed by atoms with E-state index in [1.54, 1.807) is 0 Å². The van der Waals surface area contributed by atoms with Gasteiger partial charge in [-0.25, -0.2) is 4.98 Å². The normalized spacial score (nSPS) is 16.0. The fraction of sp³-hybridized carbons (Fsp3) is 0.0227. The number of nitrogens with zero attached hydrogens (tertiary/aromatic N) is 2. The fourth-order valence-corrected chi connectivity index (χ4v) is 7.91. The van der Waals surface area contributed by atoms with Crippen LogP contribution in [0.4, 0.5) is 0 Å². The highest BCUT2D eigenvalue weighted by Crippen LogP contribution is 2.61. The Bertz CT molecular complexity index is 2390. The number of allylic oxidation sites excluding steroid dienone is 4. The second kappa shape index (κ2) is 10.0. The smallest absolute Gasteiger partial charge is 0.145 e. The number of aromatic nitrogens is 2. The molecule has 9 rings (SSSR count). The molecular formula is C44H30N2. The molecule has 0 saturated heterocycles. The predicted octanol–water partition coefficient (Wildman–Crippen LogP) is 10.9. The number of rotatable bonds is 5. The van der Waals surface area contributed by atoms with Gasteiger partial charge >= 0.3 is 0 Å². The highest BCUT2D eigenvalue weighted by molar-refractivity contribution is 6.00. The maximum absolute atomic E-state index is 5.24. The van der Waals surface area contributed by atoms with Gasteiger partial charge in [-0.1, -0.05) is 147 Å². The van der Waals surface area contributed by atoms with E-state index >= 15 is 0 Å². The quantitative estimate of drug-likeness (QED) is 0.196. The molecule has 7 aromatic rings. The van der Waals surface area contributed by atoms with Gasteiger partial charge < -0.3 is 0 Å². The zero-order valence-corrected chi connectivity index (χ0v) is 25.3. The average molecular weight is 587 g/mol. The lowest BCUT2D eigenvalue weighted by atomic mass is 9.64. The first-order valence-electron chi connectivity index (χ1n) is 15.7. The molecule has 1 atom stereocenters. The van der Waals surface area contributed by atoms with Crippen LogP contribution in [0.1, 0.15) is 16.7 Å². The molecule has 46 heavy (non-hydrogen) atoms. The third-order valence-corrected chi connectivity index (χ3v) is 9.78. The first kappa shape index (κ1) is 26.4. The molecule has 1 spiro atoms. The minimum Gasteiger partial charge on any atom is -0.292 e. The van der Waals surface area contributed by atoms with Gasteiger partial charge in [-0.15, -0.1) is 0 Å². The number of fused-ring (bicyclic) bond motifs is 6. The monoisotopic (exact) mass is 586 g/mol. The largest absolute Gasteiger partial charge is 0.292 e. The van der Waals surface area contributed by atoms with Crippen LogP contribution in [0, 0.1) is 0 Å². The molecule has 2 heteroatoms. The molecule has 2 heterocycles. The van der Waals surface area contributed by atoms with Gasteiger partial charge in [0.2, 0.25) is 0 Å². The van der Waals surface area contributed by atoms with E-state index in [4.69, 9.17) is 4.98 Å². The number of benzene rings is 6. The lowest BCUT2D eigenvalue weighted by Gasteiger charge is -2.40. The van der Waals surface area contributed by atoms with Crippen LogP contribution < -0.4 is 0 Å². The van der Waals surface area contributed by atoms with Crippen molar-refractivity contribution >= 4 is 16.7 Å². The van der Waals surface area contributed by atoms with E-state index in [2.05, 4.69) is 157 Å². The van der Waals surface area contributed by atoms with Crippen LogP contribution in [0.15, 0.2) is 176 Å². The van der Waals surface area contributed by atoms with E-state index in [1.807, 2.05) is 18.2 Å². The lowest BCUT2D eigenvalue weighted by molar-refractivity contribution is 0.755. The van der Waals surface area contributed by atoms with Gasteiger partial charge in [-0.2, -0.15) is 0 Å². The Labute approximate surface area is 269 Å². The molecule has 0 amide bonds. The molecule has 0 fully saturated rings. The summed E-state index contributed by atoms with van der Waals surface area (Å²) in [7, 11) is 0. The maximum atomic E-state index is 5.24. The molecule has 1 aliphatic heterocycles. The predicted molar refractivity (Wildman–Crippen MR) is 191 cm³/mol. The summed E-state index contributed by atoms with van der Waals surface area (Å²) in [6.45, 7) is 8.83. The zero-order valence-electron chi connectivity index (χ0n) is 25.3. The molecule has 0 radical (unpaired) electrons. The second-order valence-corrected chi connectivity index (χ2v) is 12.0. The van der Waals surface area contributed by atoms with E-state index in [1.165, 1.54) is 50.1 Å². The molecule has 2 aliphatic rings. The van der Waals surface area contributed by atoms with Gasteiger partial charge in [0.15, 0.2) is 0 Å². The Morgan fingerprint density at radius 2 is 1.11 bits per heavy atom. The molecule has 0 bridgehead atoms. The van der Waals surface area contributed by atoms with Crippen molar-refractivity contribution < 1.29 is 0 Å². The molecule has 216 valence electrons. The van der Waals surface area contributed by atoms with Crippen molar-refractivity contribution in [2.24, 2.45) is 0 Å². The van der Waals surface area contributed by atoms with Gasteiger partial charge in [0.25, 0.3) is 0 Å². The fourth-order valence-electron chi connectivity index (χ4n) is 7.91. The Kier molecular flexibility index (Phi) is 5.75. The van der Waals surface area contributed by atoms with Crippen molar-refractivity contribution in [2.75, 3.05) is 0 Å². The maximum Gasteiger partial charge on any atom is 0.145 e. The van der Waals surface area contributed by atoms with E-state index in [0.717, 1.165) is 33.7 Å². The van der Waals surface area contributed by atoms with Crippen LogP contribution in [0.3, 0.4) is 0 Å². The summed E-state index contributed by atoms with van der Waals surface area (Å²) in [5, 5.41) is 0. The van der Waals surface area contributed by atoms with Gasteiger partial charge in [0, 0.05) is 5.56 Å². The summed E-state index contributed by atoms with van der Waals surface area (Å²) in [6.07, 6.45) is 4.03. The standard InChI is InChI=1S/C44H30N2/c1-3-36-41(4-2)46-42-38(23-14-24-40(42)45-43(46)30-17-9-6-10-18-30)44(36)37-22-12-11-21-34(37)35-26-25-33(28-39(35)44)32-20-13-19-31(27-32)29-15-7-5-8-16-29/h3-28H,1-2H2. The molecule has 6 aromatic carbocycles. The summed E-state index contributed by atoms with van der Waals surface area (Å²) in [5.74, 6) is 0.908. The van der Waals surface area contributed by atoms with Gasteiger partial charge in [-0.3, -0.25) is 4.57 Å². The van der Waals surface area contributed by atoms with E-state index in [9.17, 15) is 0 Å². The van der Waals surface area contributed by atoms with Crippen LogP contribution in [0.25, 0.3) is 61.5 Å². The van der Waals surface area contributed by atoms with E-state index in [0.29, 0.717) is 0 Å². The Hall–Kier alpha value is -5.99. The lowest BCUT2D eigenvalue weighted by Crippen LogP contribution is -2.33. The topological polar surface area (TPSA) is 17.8 Å². The summed E-state index contributed by atoms with van der Waals surface area (Å²) < 4.78 is 2.29. The van der Waals surface area contributed by atoms with E-state index < -0.39 is 5.41 Å². The van der Waals surface area contributed by atoms with Crippen molar-refractivity contribution in [3.8, 4) is 44.8 Å². The Balaban J connectivity index is 1.37. The number of hydrogen-bond donors (Lipinski definition) is 0. The molecule has 2 nitrogen and oxygen atoms in total.